The van der Waals surface area contributed by atoms with Crippen LogP contribution in [0.15, 0.2) is 46.8 Å². The number of hydrogen-bond acceptors (Lipinski definition) is 3. The van der Waals surface area contributed by atoms with Gasteiger partial charge in [-0.05, 0) is 123 Å². The van der Waals surface area contributed by atoms with E-state index in [1.807, 2.05) is 0 Å². The minimum atomic E-state index is -4.15. The van der Waals surface area contributed by atoms with Gasteiger partial charge in [0, 0.05) is 32.0 Å². The predicted molar refractivity (Wildman–Crippen MR) is 176 cm³/mol. The van der Waals surface area contributed by atoms with Crippen LogP contribution < -0.4 is 0 Å². The summed E-state index contributed by atoms with van der Waals surface area (Å²) in [6.45, 7) is 8.93. The average molecular weight is 630 g/mol. The molecule has 8 atom stereocenters. The standard InChI is InChI=1S/C39H58F3NO2/c1-25-7-6-8-28(11-9-25)22-31-15-12-29(23-36(31)39(40,41)42)13-20-37(44)32-14-10-26(2)35(24-32)38-34-19-18-33(45-5)17-16-30(34)21-27(3)43(38)4/h19,24-26,28-31,33,36H,3,6-18,20-23H2,1-2,4-5H3. The number of allylic oxidation sites excluding steroid dienone is 5. The van der Waals surface area contributed by atoms with E-state index >= 15 is 0 Å². The van der Waals surface area contributed by atoms with Crippen LogP contribution in [0.4, 0.5) is 13.2 Å². The summed E-state index contributed by atoms with van der Waals surface area (Å²) in [6, 6.07) is 0. The monoisotopic (exact) mass is 629 g/mol. The summed E-state index contributed by atoms with van der Waals surface area (Å²) in [5.41, 5.74) is 5.75. The van der Waals surface area contributed by atoms with Crippen LogP contribution in [0.2, 0.25) is 0 Å². The van der Waals surface area contributed by atoms with E-state index in [1.165, 1.54) is 23.3 Å². The van der Waals surface area contributed by atoms with Gasteiger partial charge in [0.05, 0.1) is 12.0 Å². The number of hydrogen-bond donors (Lipinski definition) is 0. The summed E-state index contributed by atoms with van der Waals surface area (Å²) in [4.78, 5) is 15.9. The summed E-state index contributed by atoms with van der Waals surface area (Å²) in [6.07, 6.45) is 15.2. The third-order valence-electron chi connectivity index (χ3n) is 12.4. The number of ether oxygens (including phenoxy) is 1. The molecule has 3 nitrogen and oxygen atoms in total. The van der Waals surface area contributed by atoms with Crippen molar-refractivity contribution < 1.29 is 22.7 Å². The van der Waals surface area contributed by atoms with E-state index in [4.69, 9.17) is 4.74 Å². The maximum atomic E-state index is 14.3. The number of carbonyl (C=O) groups is 1. The van der Waals surface area contributed by atoms with E-state index < -0.39 is 12.1 Å². The number of fused-ring (bicyclic) bond motifs is 1. The Bertz CT molecular complexity index is 1170. The number of halogens is 3. The van der Waals surface area contributed by atoms with E-state index in [0.717, 1.165) is 88.3 Å². The van der Waals surface area contributed by atoms with Crippen molar-refractivity contribution in [1.82, 2.24) is 4.90 Å². The average Bonchev–Trinajstić information content (AvgIpc) is 3.34. The van der Waals surface area contributed by atoms with Gasteiger partial charge in [0.2, 0.25) is 0 Å². The number of alkyl halides is 3. The maximum absolute atomic E-state index is 14.3. The molecular weight excluding hydrogens is 571 g/mol. The SMILES string of the molecule is C=C1CC2CCC(OC)CC=C2C(=C2C=C(C(=O)CCC3CCC(CC4CCCC(C)CC4)C(C(F)(F)F)C3)CCC2C)N1C. The molecule has 252 valence electrons. The fourth-order valence-electron chi connectivity index (χ4n) is 9.38. The molecule has 1 aliphatic heterocycles. The lowest BCUT2D eigenvalue weighted by Gasteiger charge is -2.40. The lowest BCUT2D eigenvalue weighted by Crippen LogP contribution is -2.37. The van der Waals surface area contributed by atoms with Gasteiger partial charge >= 0.3 is 6.18 Å². The van der Waals surface area contributed by atoms with Crippen LogP contribution in [0.3, 0.4) is 0 Å². The molecule has 0 radical (unpaired) electrons. The summed E-state index contributed by atoms with van der Waals surface area (Å²) >= 11 is 0. The Labute approximate surface area is 270 Å². The molecule has 0 aromatic heterocycles. The van der Waals surface area contributed by atoms with Crippen molar-refractivity contribution in [2.45, 2.75) is 135 Å². The van der Waals surface area contributed by atoms with Crippen molar-refractivity contribution in [3.05, 3.63) is 46.8 Å². The number of methoxy groups -OCH3 is 1. The van der Waals surface area contributed by atoms with Crippen molar-refractivity contribution in [2.75, 3.05) is 14.2 Å². The lowest BCUT2D eigenvalue weighted by atomic mass is 9.68. The molecule has 3 fully saturated rings. The first-order valence-electron chi connectivity index (χ1n) is 18.1. The predicted octanol–water partition coefficient (Wildman–Crippen LogP) is 10.7. The molecule has 1 saturated heterocycles. The molecule has 4 aliphatic carbocycles. The van der Waals surface area contributed by atoms with Crippen molar-refractivity contribution >= 4 is 5.78 Å². The number of carbonyl (C=O) groups excluding carboxylic acids is 1. The van der Waals surface area contributed by atoms with Crippen LogP contribution in [0, 0.1) is 41.4 Å². The Balaban J connectivity index is 1.26. The van der Waals surface area contributed by atoms with E-state index in [1.54, 1.807) is 7.11 Å². The number of ketones is 1. The first-order chi connectivity index (χ1) is 21.4. The summed E-state index contributed by atoms with van der Waals surface area (Å²) in [7, 11) is 3.89. The maximum Gasteiger partial charge on any atom is 0.392 e. The highest BCUT2D eigenvalue weighted by Crippen LogP contribution is 2.49. The van der Waals surface area contributed by atoms with Gasteiger partial charge in [-0.25, -0.2) is 0 Å². The van der Waals surface area contributed by atoms with Crippen molar-refractivity contribution in [3.8, 4) is 0 Å². The summed E-state index contributed by atoms with van der Waals surface area (Å²) in [5.74, 6) is 0.522. The Morgan fingerprint density at radius 2 is 1.80 bits per heavy atom. The number of likely N-dealkylation sites (N-methyl/N-ethyl adjacent to an activating group) is 1. The molecule has 1 heterocycles. The quantitative estimate of drug-likeness (QED) is 0.263. The largest absolute Gasteiger partial charge is 0.392 e. The number of rotatable bonds is 7. The second kappa shape index (κ2) is 14.9. The zero-order valence-electron chi connectivity index (χ0n) is 28.4. The molecule has 0 bridgehead atoms. The van der Waals surface area contributed by atoms with Gasteiger partial charge in [-0.2, -0.15) is 13.2 Å². The van der Waals surface area contributed by atoms with E-state index in [9.17, 15) is 18.0 Å². The van der Waals surface area contributed by atoms with Crippen LogP contribution in [0.5, 0.6) is 0 Å². The molecule has 0 aromatic rings. The van der Waals surface area contributed by atoms with Gasteiger partial charge in [-0.1, -0.05) is 65.0 Å². The van der Waals surface area contributed by atoms with Crippen LogP contribution in [0.1, 0.15) is 123 Å². The number of nitrogens with zero attached hydrogens (tertiary/aromatic N) is 1. The van der Waals surface area contributed by atoms with Crippen molar-refractivity contribution in [1.29, 1.82) is 0 Å². The Kier molecular flexibility index (Phi) is 11.5. The van der Waals surface area contributed by atoms with Gasteiger partial charge < -0.3 is 9.64 Å². The van der Waals surface area contributed by atoms with Gasteiger partial charge in [-0.3, -0.25) is 4.79 Å². The fraction of sp³-hybridized carbons (Fsp3) is 0.769. The highest BCUT2D eigenvalue weighted by molar-refractivity contribution is 5.96. The molecule has 5 aliphatic rings. The molecular formula is C39H58F3NO2. The van der Waals surface area contributed by atoms with Crippen LogP contribution in [0.25, 0.3) is 0 Å². The van der Waals surface area contributed by atoms with E-state index in [-0.39, 0.29) is 30.1 Å². The summed E-state index contributed by atoms with van der Waals surface area (Å²) in [5, 5.41) is 0. The first-order valence-corrected chi connectivity index (χ1v) is 18.1. The smallest absolute Gasteiger partial charge is 0.381 e. The molecule has 5 rings (SSSR count). The van der Waals surface area contributed by atoms with Crippen LogP contribution in [-0.4, -0.2) is 37.1 Å². The second-order valence-corrected chi connectivity index (χ2v) is 15.5. The molecule has 8 unspecified atom stereocenters. The van der Waals surface area contributed by atoms with E-state index in [2.05, 4.69) is 44.5 Å². The Morgan fingerprint density at radius 3 is 2.56 bits per heavy atom. The van der Waals surface area contributed by atoms with Gasteiger partial charge in [0.1, 0.15) is 0 Å². The highest BCUT2D eigenvalue weighted by Gasteiger charge is 2.48. The molecule has 2 saturated carbocycles. The third kappa shape index (κ3) is 8.37. The topological polar surface area (TPSA) is 29.5 Å². The zero-order valence-corrected chi connectivity index (χ0v) is 28.4. The third-order valence-corrected chi connectivity index (χ3v) is 12.4. The molecule has 0 amide bonds. The van der Waals surface area contributed by atoms with Gasteiger partial charge in [-0.15, -0.1) is 0 Å². The summed E-state index contributed by atoms with van der Waals surface area (Å²) < 4.78 is 48.8. The van der Waals surface area contributed by atoms with Gasteiger partial charge in [0.25, 0.3) is 0 Å². The molecule has 0 aromatic carbocycles. The highest BCUT2D eigenvalue weighted by atomic mass is 19.4. The first kappa shape index (κ1) is 34.5. The Morgan fingerprint density at radius 1 is 1.02 bits per heavy atom. The Hall–Kier alpha value is -1.82. The fourth-order valence-corrected chi connectivity index (χ4v) is 9.38. The molecule has 0 N–H and O–H groups in total. The molecule has 45 heavy (non-hydrogen) atoms. The number of piperidine rings is 1. The second-order valence-electron chi connectivity index (χ2n) is 15.5. The van der Waals surface area contributed by atoms with Crippen LogP contribution >= 0.6 is 0 Å². The zero-order chi connectivity index (χ0) is 32.3. The molecule has 0 spiro atoms. The van der Waals surface area contributed by atoms with Gasteiger partial charge in [0.15, 0.2) is 5.78 Å². The number of likely N-dealkylation sites (tertiary alicyclic amines) is 1. The minimum Gasteiger partial charge on any atom is -0.381 e. The van der Waals surface area contributed by atoms with Crippen LogP contribution in [-0.2, 0) is 9.53 Å². The number of Topliss-reactive ketones (excluding diaryl/α,β-unsaturated/α-hetero) is 1. The lowest BCUT2D eigenvalue weighted by molar-refractivity contribution is -0.202. The normalized spacial score (nSPS) is 36.9. The van der Waals surface area contributed by atoms with Crippen molar-refractivity contribution in [2.24, 2.45) is 41.4 Å². The van der Waals surface area contributed by atoms with Crippen molar-refractivity contribution in [3.63, 3.8) is 0 Å². The van der Waals surface area contributed by atoms with E-state index in [0.29, 0.717) is 42.9 Å². The molecule has 6 heteroatoms. The minimum absolute atomic E-state index is 0.0228.